The predicted octanol–water partition coefficient (Wildman–Crippen LogP) is 4.35. The Hall–Kier alpha value is -2.18. The highest BCUT2D eigenvalue weighted by Gasteiger charge is 2.35. The van der Waals surface area contributed by atoms with Gasteiger partial charge in [0.1, 0.15) is 11.5 Å². The van der Waals surface area contributed by atoms with Gasteiger partial charge in [0.05, 0.1) is 11.6 Å². The van der Waals surface area contributed by atoms with Gasteiger partial charge in [0, 0.05) is 16.8 Å². The molecule has 0 saturated carbocycles. The van der Waals surface area contributed by atoms with E-state index in [9.17, 15) is 9.59 Å². The molecule has 2 heterocycles. The van der Waals surface area contributed by atoms with Crippen LogP contribution in [0.5, 0.6) is 0 Å². The van der Waals surface area contributed by atoms with Gasteiger partial charge in [0.15, 0.2) is 0 Å². The number of benzene rings is 1. The number of aryl methyl sites for hydroxylation is 1. The molecule has 1 aromatic heterocycles. The van der Waals surface area contributed by atoms with Crippen molar-refractivity contribution >= 4 is 46.3 Å². The highest BCUT2D eigenvalue weighted by molar-refractivity contribution is 8.18. The first kappa shape index (κ1) is 15.7. The first-order valence-corrected chi connectivity index (χ1v) is 8.03. The minimum atomic E-state index is -0.337. The van der Waals surface area contributed by atoms with Crippen LogP contribution in [0.15, 0.2) is 45.7 Å². The van der Waals surface area contributed by atoms with Crippen LogP contribution in [0, 0.1) is 6.92 Å². The number of hydrogen-bond donors (Lipinski definition) is 1. The summed E-state index contributed by atoms with van der Waals surface area (Å²) in [5, 5.41) is 3.33. The number of amides is 2. The number of carbonyl (C=O) groups is 2. The van der Waals surface area contributed by atoms with Gasteiger partial charge in [-0.1, -0.05) is 11.6 Å². The SMILES string of the molecule is Cc1ccc(/C=C2\SC(=O)N(CNc3ccc(Cl)cc3)C2=O)o1. The first-order chi connectivity index (χ1) is 11.0. The van der Waals surface area contributed by atoms with Crippen LogP contribution in [0.3, 0.4) is 0 Å². The topological polar surface area (TPSA) is 62.6 Å². The maximum Gasteiger partial charge on any atom is 0.295 e. The third kappa shape index (κ3) is 3.60. The van der Waals surface area contributed by atoms with Crippen LogP contribution >= 0.6 is 23.4 Å². The molecule has 2 amide bonds. The van der Waals surface area contributed by atoms with Crippen LogP contribution in [-0.4, -0.2) is 22.7 Å². The van der Waals surface area contributed by atoms with E-state index in [0.717, 1.165) is 28.1 Å². The molecule has 7 heteroatoms. The van der Waals surface area contributed by atoms with E-state index < -0.39 is 0 Å². The van der Waals surface area contributed by atoms with Crippen LogP contribution in [-0.2, 0) is 4.79 Å². The smallest absolute Gasteiger partial charge is 0.295 e. The Balaban J connectivity index is 1.69. The largest absolute Gasteiger partial charge is 0.462 e. The monoisotopic (exact) mass is 348 g/mol. The lowest BCUT2D eigenvalue weighted by molar-refractivity contribution is -0.122. The van der Waals surface area contributed by atoms with Crippen molar-refractivity contribution in [2.75, 3.05) is 12.0 Å². The van der Waals surface area contributed by atoms with Crippen molar-refractivity contribution < 1.29 is 14.0 Å². The molecular formula is C16H13ClN2O3S. The Bertz CT molecular complexity index is 783. The Morgan fingerprint density at radius 2 is 1.96 bits per heavy atom. The van der Waals surface area contributed by atoms with E-state index in [1.165, 1.54) is 0 Å². The molecule has 1 saturated heterocycles. The number of imide groups is 1. The molecule has 3 rings (SSSR count). The zero-order valence-corrected chi connectivity index (χ0v) is 13.8. The number of thioether (sulfide) groups is 1. The van der Waals surface area contributed by atoms with Gasteiger partial charge in [0.25, 0.3) is 11.1 Å². The van der Waals surface area contributed by atoms with E-state index in [2.05, 4.69) is 5.32 Å². The van der Waals surface area contributed by atoms with Crippen molar-refractivity contribution in [3.63, 3.8) is 0 Å². The average Bonchev–Trinajstić information content (AvgIpc) is 3.04. The van der Waals surface area contributed by atoms with Gasteiger partial charge in [-0.15, -0.1) is 0 Å². The van der Waals surface area contributed by atoms with Crippen LogP contribution in [0.2, 0.25) is 5.02 Å². The van der Waals surface area contributed by atoms with Crippen molar-refractivity contribution in [3.8, 4) is 0 Å². The highest BCUT2D eigenvalue weighted by atomic mass is 35.5. The number of carbonyl (C=O) groups excluding carboxylic acids is 2. The van der Waals surface area contributed by atoms with Crippen LogP contribution in [0.4, 0.5) is 10.5 Å². The molecule has 1 N–H and O–H groups in total. The second kappa shape index (κ2) is 6.52. The molecule has 118 valence electrons. The summed E-state index contributed by atoms with van der Waals surface area (Å²) in [5.74, 6) is 0.967. The maximum absolute atomic E-state index is 12.3. The second-order valence-electron chi connectivity index (χ2n) is 4.90. The van der Waals surface area contributed by atoms with Crippen molar-refractivity contribution in [2.45, 2.75) is 6.92 Å². The summed E-state index contributed by atoms with van der Waals surface area (Å²) < 4.78 is 5.40. The summed E-state index contributed by atoms with van der Waals surface area (Å²) in [7, 11) is 0. The van der Waals surface area contributed by atoms with E-state index in [0.29, 0.717) is 15.7 Å². The zero-order chi connectivity index (χ0) is 16.4. The maximum atomic E-state index is 12.3. The third-order valence-electron chi connectivity index (χ3n) is 3.19. The summed E-state index contributed by atoms with van der Waals surface area (Å²) in [4.78, 5) is 25.8. The summed E-state index contributed by atoms with van der Waals surface area (Å²) in [6.45, 7) is 1.92. The number of halogens is 1. The van der Waals surface area contributed by atoms with Gasteiger partial charge in [0.2, 0.25) is 0 Å². The molecule has 1 aliphatic heterocycles. The van der Waals surface area contributed by atoms with Gasteiger partial charge in [-0.2, -0.15) is 0 Å². The van der Waals surface area contributed by atoms with Gasteiger partial charge in [-0.3, -0.25) is 14.5 Å². The molecule has 2 aromatic rings. The molecule has 1 aliphatic rings. The number of rotatable bonds is 4. The van der Waals surface area contributed by atoms with E-state index in [1.54, 1.807) is 42.5 Å². The molecule has 1 aromatic carbocycles. The molecule has 5 nitrogen and oxygen atoms in total. The molecular weight excluding hydrogens is 336 g/mol. The number of nitrogens with zero attached hydrogens (tertiary/aromatic N) is 1. The van der Waals surface area contributed by atoms with Crippen molar-refractivity contribution in [3.05, 3.63) is 57.8 Å². The van der Waals surface area contributed by atoms with Crippen LogP contribution in [0.25, 0.3) is 6.08 Å². The number of furan rings is 1. The van der Waals surface area contributed by atoms with Gasteiger partial charge < -0.3 is 9.73 Å². The van der Waals surface area contributed by atoms with E-state index in [1.807, 2.05) is 6.92 Å². The molecule has 0 spiro atoms. The van der Waals surface area contributed by atoms with Crippen molar-refractivity contribution in [1.82, 2.24) is 4.90 Å². The fourth-order valence-electron chi connectivity index (χ4n) is 2.03. The van der Waals surface area contributed by atoms with Gasteiger partial charge in [-0.05, 0) is 55.1 Å². The molecule has 1 fully saturated rings. The Labute approximate surface area is 142 Å². The standard InChI is InChI=1S/C16H13ClN2O3S/c1-10-2-7-13(22-10)8-14-15(20)19(16(21)23-14)9-18-12-5-3-11(17)4-6-12/h2-8,18H,9H2,1H3/b14-8-. The minimum Gasteiger partial charge on any atom is -0.462 e. The normalized spacial score (nSPS) is 16.4. The Morgan fingerprint density at radius 1 is 1.22 bits per heavy atom. The number of nitrogens with one attached hydrogen (secondary N) is 1. The second-order valence-corrected chi connectivity index (χ2v) is 6.33. The van der Waals surface area contributed by atoms with Crippen LogP contribution < -0.4 is 5.32 Å². The first-order valence-electron chi connectivity index (χ1n) is 6.84. The Morgan fingerprint density at radius 3 is 2.61 bits per heavy atom. The van der Waals surface area contributed by atoms with Gasteiger partial charge in [-0.25, -0.2) is 0 Å². The lowest BCUT2D eigenvalue weighted by Crippen LogP contribution is -2.33. The molecule has 23 heavy (non-hydrogen) atoms. The molecule has 0 atom stereocenters. The van der Waals surface area contributed by atoms with Crippen molar-refractivity contribution in [1.29, 1.82) is 0 Å². The van der Waals surface area contributed by atoms with E-state index >= 15 is 0 Å². The molecule has 0 unspecified atom stereocenters. The highest BCUT2D eigenvalue weighted by Crippen LogP contribution is 2.32. The van der Waals surface area contributed by atoms with E-state index in [4.69, 9.17) is 16.0 Å². The summed E-state index contributed by atoms with van der Waals surface area (Å²) >= 11 is 6.72. The zero-order valence-electron chi connectivity index (χ0n) is 12.2. The Kier molecular flexibility index (Phi) is 4.45. The van der Waals surface area contributed by atoms with Gasteiger partial charge >= 0.3 is 0 Å². The third-order valence-corrected chi connectivity index (χ3v) is 4.35. The summed E-state index contributed by atoms with van der Waals surface area (Å²) in [6, 6.07) is 10.6. The lowest BCUT2D eigenvalue weighted by Gasteiger charge is -2.14. The van der Waals surface area contributed by atoms with E-state index in [-0.39, 0.29) is 17.8 Å². The fraction of sp³-hybridized carbons (Fsp3) is 0.125. The molecule has 0 bridgehead atoms. The summed E-state index contributed by atoms with van der Waals surface area (Å²) in [5.41, 5.74) is 0.777. The van der Waals surface area contributed by atoms with Crippen molar-refractivity contribution in [2.24, 2.45) is 0 Å². The molecule has 0 aliphatic carbocycles. The minimum absolute atomic E-state index is 0.0980. The average molecular weight is 349 g/mol. The summed E-state index contributed by atoms with van der Waals surface area (Å²) in [6.07, 6.45) is 1.58. The number of hydrogen-bond acceptors (Lipinski definition) is 5. The predicted molar refractivity (Wildman–Crippen MR) is 91.2 cm³/mol. The van der Waals surface area contributed by atoms with Crippen LogP contribution in [0.1, 0.15) is 11.5 Å². The number of anilines is 1. The fourth-order valence-corrected chi connectivity index (χ4v) is 2.98. The lowest BCUT2D eigenvalue weighted by atomic mass is 10.3. The molecule has 0 radical (unpaired) electrons. The quantitative estimate of drug-likeness (QED) is 0.832.